The van der Waals surface area contributed by atoms with Gasteiger partial charge in [-0.2, -0.15) is 0 Å². The Bertz CT molecular complexity index is 838. The van der Waals surface area contributed by atoms with E-state index >= 15 is 0 Å². The van der Waals surface area contributed by atoms with Crippen molar-refractivity contribution in [2.45, 2.75) is 24.5 Å². The first kappa shape index (κ1) is 19.9. The van der Waals surface area contributed by atoms with Crippen molar-refractivity contribution in [2.24, 2.45) is 0 Å². The first-order valence-corrected chi connectivity index (χ1v) is 10.2. The molecule has 0 aliphatic carbocycles. The second-order valence-corrected chi connectivity index (χ2v) is 7.85. The van der Waals surface area contributed by atoms with Crippen molar-refractivity contribution < 1.29 is 19.7 Å². The van der Waals surface area contributed by atoms with Crippen molar-refractivity contribution in [3.63, 3.8) is 0 Å². The van der Waals surface area contributed by atoms with E-state index in [0.29, 0.717) is 38.3 Å². The van der Waals surface area contributed by atoms with Gasteiger partial charge in [-0.05, 0) is 18.1 Å². The summed E-state index contributed by atoms with van der Waals surface area (Å²) in [7, 11) is 0. The number of amides is 1. The molecule has 2 aromatic rings. The standard InChI is InChI=1S/C23H28N2O4/c26-20-9-5-4-6-18(20)16-22(27)25-11-10-23(28,19-7-2-1-3-8-19)21(17-25)24-12-14-29-15-13-24/h1-9,21,26,28H,10-17H2/t21-,23+/m1/s1. The van der Waals surface area contributed by atoms with Crippen LogP contribution in [0, 0.1) is 0 Å². The van der Waals surface area contributed by atoms with Gasteiger partial charge in [0.25, 0.3) is 0 Å². The highest BCUT2D eigenvalue weighted by Gasteiger charge is 2.46. The Morgan fingerprint density at radius 2 is 1.72 bits per heavy atom. The molecule has 1 amide bonds. The number of nitrogens with zero attached hydrogens (tertiary/aromatic N) is 2. The van der Waals surface area contributed by atoms with Crippen molar-refractivity contribution >= 4 is 5.91 Å². The van der Waals surface area contributed by atoms with Crippen LogP contribution in [0.5, 0.6) is 5.75 Å². The van der Waals surface area contributed by atoms with Crippen molar-refractivity contribution in [3.8, 4) is 5.75 Å². The lowest BCUT2D eigenvalue weighted by Crippen LogP contribution is -2.63. The predicted octanol–water partition coefficient (Wildman–Crippen LogP) is 1.76. The number of carbonyl (C=O) groups is 1. The average molecular weight is 396 g/mol. The van der Waals surface area contributed by atoms with Crippen molar-refractivity contribution in [1.29, 1.82) is 0 Å². The largest absolute Gasteiger partial charge is 0.508 e. The van der Waals surface area contributed by atoms with E-state index < -0.39 is 5.60 Å². The zero-order valence-corrected chi connectivity index (χ0v) is 16.5. The summed E-state index contributed by atoms with van der Waals surface area (Å²) in [4.78, 5) is 17.1. The lowest BCUT2D eigenvalue weighted by molar-refractivity contribution is -0.147. The van der Waals surface area contributed by atoms with Gasteiger partial charge in [0.2, 0.25) is 5.91 Å². The Morgan fingerprint density at radius 1 is 1.03 bits per heavy atom. The van der Waals surface area contributed by atoms with Crippen LogP contribution in [0.3, 0.4) is 0 Å². The Morgan fingerprint density at radius 3 is 2.45 bits per heavy atom. The molecule has 0 radical (unpaired) electrons. The molecule has 6 heteroatoms. The first-order valence-electron chi connectivity index (χ1n) is 10.2. The molecule has 0 spiro atoms. The van der Waals surface area contributed by atoms with E-state index in [1.165, 1.54) is 0 Å². The summed E-state index contributed by atoms with van der Waals surface area (Å²) >= 11 is 0. The van der Waals surface area contributed by atoms with Gasteiger partial charge in [0.05, 0.1) is 25.7 Å². The number of phenols is 1. The molecule has 2 fully saturated rings. The maximum absolute atomic E-state index is 13.0. The van der Waals surface area contributed by atoms with E-state index in [-0.39, 0.29) is 24.1 Å². The number of morpholine rings is 1. The highest BCUT2D eigenvalue weighted by Crippen LogP contribution is 2.36. The van der Waals surface area contributed by atoms with Crippen LogP contribution in [-0.2, 0) is 21.6 Å². The minimum Gasteiger partial charge on any atom is -0.508 e. The van der Waals surface area contributed by atoms with Gasteiger partial charge in [0.1, 0.15) is 11.4 Å². The number of likely N-dealkylation sites (tertiary alicyclic amines) is 1. The van der Waals surface area contributed by atoms with Crippen molar-refractivity contribution in [3.05, 3.63) is 65.7 Å². The molecule has 2 N–H and O–H groups in total. The number of aromatic hydroxyl groups is 1. The summed E-state index contributed by atoms with van der Waals surface area (Å²) in [5.41, 5.74) is 0.512. The van der Waals surface area contributed by atoms with Crippen LogP contribution in [0.15, 0.2) is 54.6 Å². The molecule has 0 bridgehead atoms. The zero-order valence-electron chi connectivity index (χ0n) is 16.5. The van der Waals surface area contributed by atoms with Crippen LogP contribution >= 0.6 is 0 Å². The fourth-order valence-corrected chi connectivity index (χ4v) is 4.45. The molecule has 29 heavy (non-hydrogen) atoms. The summed E-state index contributed by atoms with van der Waals surface area (Å²) in [6, 6.07) is 16.5. The van der Waals surface area contributed by atoms with Crippen molar-refractivity contribution in [2.75, 3.05) is 39.4 Å². The van der Waals surface area contributed by atoms with Gasteiger partial charge in [-0.15, -0.1) is 0 Å². The fourth-order valence-electron chi connectivity index (χ4n) is 4.45. The van der Waals surface area contributed by atoms with Crippen LogP contribution in [0.4, 0.5) is 0 Å². The highest BCUT2D eigenvalue weighted by atomic mass is 16.5. The number of hydrogen-bond donors (Lipinski definition) is 2. The van der Waals surface area contributed by atoms with Crippen LogP contribution in [0.2, 0.25) is 0 Å². The van der Waals surface area contributed by atoms with E-state index in [9.17, 15) is 15.0 Å². The molecule has 2 heterocycles. The Balaban J connectivity index is 1.56. The van der Waals surface area contributed by atoms with Crippen LogP contribution < -0.4 is 0 Å². The number of aliphatic hydroxyl groups is 1. The van der Waals surface area contributed by atoms with Gasteiger partial charge >= 0.3 is 0 Å². The molecule has 2 aromatic carbocycles. The molecule has 2 atom stereocenters. The minimum atomic E-state index is -1.01. The molecular formula is C23H28N2O4. The third-order valence-electron chi connectivity index (χ3n) is 6.15. The molecule has 0 saturated carbocycles. The number of para-hydroxylation sites is 1. The van der Waals surface area contributed by atoms with Gasteiger partial charge in [-0.1, -0.05) is 48.5 Å². The number of rotatable bonds is 4. The predicted molar refractivity (Wildman–Crippen MR) is 110 cm³/mol. The Kier molecular flexibility index (Phi) is 5.85. The number of hydrogen-bond acceptors (Lipinski definition) is 5. The van der Waals surface area contributed by atoms with E-state index in [2.05, 4.69) is 4.90 Å². The number of carbonyl (C=O) groups excluding carboxylic acids is 1. The quantitative estimate of drug-likeness (QED) is 0.824. The normalized spacial score (nSPS) is 25.7. The summed E-state index contributed by atoms with van der Waals surface area (Å²) in [5, 5.41) is 21.7. The summed E-state index contributed by atoms with van der Waals surface area (Å²) in [5.74, 6) is 0.114. The molecule has 2 aliphatic rings. The average Bonchev–Trinajstić information content (AvgIpc) is 2.77. The second-order valence-electron chi connectivity index (χ2n) is 7.85. The summed E-state index contributed by atoms with van der Waals surface area (Å²) < 4.78 is 5.50. The highest BCUT2D eigenvalue weighted by molar-refractivity contribution is 5.79. The fraction of sp³-hybridized carbons (Fsp3) is 0.435. The molecule has 4 rings (SSSR count). The molecule has 2 saturated heterocycles. The Labute approximate surface area is 171 Å². The van der Waals surface area contributed by atoms with Gasteiger partial charge in [0, 0.05) is 31.7 Å². The maximum Gasteiger partial charge on any atom is 0.227 e. The monoisotopic (exact) mass is 396 g/mol. The molecule has 2 aliphatic heterocycles. The molecule has 154 valence electrons. The van der Waals surface area contributed by atoms with E-state index in [0.717, 1.165) is 18.7 Å². The summed E-state index contributed by atoms with van der Waals surface area (Å²) in [6.07, 6.45) is 0.637. The molecule has 0 unspecified atom stereocenters. The van der Waals surface area contributed by atoms with Gasteiger partial charge in [0.15, 0.2) is 0 Å². The SMILES string of the molecule is O=C(Cc1ccccc1O)N1CC[C@](O)(c2ccccc2)[C@H](N2CCOCC2)C1. The molecule has 6 nitrogen and oxygen atoms in total. The lowest BCUT2D eigenvalue weighted by Gasteiger charge is -2.50. The van der Waals surface area contributed by atoms with E-state index in [1.54, 1.807) is 18.2 Å². The van der Waals surface area contributed by atoms with Crippen LogP contribution in [0.1, 0.15) is 17.5 Å². The third kappa shape index (κ3) is 4.15. The van der Waals surface area contributed by atoms with Crippen LogP contribution in [0.25, 0.3) is 0 Å². The number of benzene rings is 2. The Hall–Kier alpha value is -2.41. The van der Waals surface area contributed by atoms with Crippen molar-refractivity contribution in [1.82, 2.24) is 9.80 Å². The zero-order chi connectivity index (χ0) is 20.3. The lowest BCUT2D eigenvalue weighted by atomic mass is 9.79. The summed E-state index contributed by atoms with van der Waals surface area (Å²) in [6.45, 7) is 3.68. The maximum atomic E-state index is 13.0. The smallest absolute Gasteiger partial charge is 0.227 e. The van der Waals surface area contributed by atoms with E-state index in [1.807, 2.05) is 41.3 Å². The van der Waals surface area contributed by atoms with Gasteiger partial charge in [-0.25, -0.2) is 0 Å². The number of ether oxygens (including phenoxy) is 1. The second kappa shape index (κ2) is 8.53. The minimum absolute atomic E-state index is 0.0279. The van der Waals surface area contributed by atoms with Gasteiger partial charge < -0.3 is 19.8 Å². The molecule has 0 aromatic heterocycles. The number of piperidine rings is 1. The topological polar surface area (TPSA) is 73.2 Å². The van der Waals surface area contributed by atoms with E-state index in [4.69, 9.17) is 4.74 Å². The first-order chi connectivity index (χ1) is 14.1. The van der Waals surface area contributed by atoms with Crippen LogP contribution in [-0.4, -0.2) is 71.4 Å². The third-order valence-corrected chi connectivity index (χ3v) is 6.15. The number of phenolic OH excluding ortho intramolecular Hbond substituents is 1. The van der Waals surface area contributed by atoms with Gasteiger partial charge in [-0.3, -0.25) is 9.69 Å². The molecular weight excluding hydrogens is 368 g/mol.